The smallest absolute Gasteiger partial charge is 0.322 e. The molecule has 2 N–H and O–H groups in total. The lowest BCUT2D eigenvalue weighted by Gasteiger charge is -2.15. The summed E-state index contributed by atoms with van der Waals surface area (Å²) < 4.78 is 46.8. The monoisotopic (exact) mass is 546 g/mol. The molecule has 5 rings (SSSR count). The molecule has 1 aliphatic heterocycles. The van der Waals surface area contributed by atoms with Crippen molar-refractivity contribution >= 4 is 26.9 Å². The zero-order valence-electron chi connectivity index (χ0n) is 21.1. The van der Waals surface area contributed by atoms with Crippen LogP contribution in [0.15, 0.2) is 77.8 Å². The standard InChI is InChI=1S/C29H26N2O7S/c1-2-3-14-36-22-9-11-23(12-10-22)39(34,35)30-25(29(32)33)16-21-18-31(26-7-5-4-6-24(21)26)17-20-8-13-27-28(15-20)38-19-37-27/h4-13,15,18,25,30H,14,16-17,19H2,1H3,(H,32,33)/t25-/m1/s1. The third-order valence-corrected chi connectivity index (χ3v) is 7.79. The van der Waals surface area contributed by atoms with Crippen LogP contribution in [0.3, 0.4) is 0 Å². The molecule has 2 heterocycles. The molecule has 0 radical (unpaired) electrons. The summed E-state index contributed by atoms with van der Waals surface area (Å²) in [5.41, 5.74) is 2.60. The average molecular weight is 547 g/mol. The van der Waals surface area contributed by atoms with Crippen molar-refractivity contribution in [3.63, 3.8) is 0 Å². The SMILES string of the molecule is CC#CCOc1ccc(S(=O)(=O)N[C@H](Cc2cn(Cc3ccc4c(c3)OCO4)c3ccccc23)C(=O)O)cc1. The minimum atomic E-state index is -4.11. The fourth-order valence-corrected chi connectivity index (χ4v) is 5.60. The Kier molecular flexibility index (Phi) is 7.45. The van der Waals surface area contributed by atoms with E-state index in [1.165, 1.54) is 24.3 Å². The van der Waals surface area contributed by atoms with E-state index in [1.807, 2.05) is 53.2 Å². The lowest BCUT2D eigenvalue weighted by atomic mass is 10.1. The van der Waals surface area contributed by atoms with Gasteiger partial charge in [0.1, 0.15) is 18.4 Å². The first-order chi connectivity index (χ1) is 18.8. The van der Waals surface area contributed by atoms with E-state index in [9.17, 15) is 18.3 Å². The zero-order valence-corrected chi connectivity index (χ0v) is 21.9. The number of sulfonamides is 1. The first-order valence-corrected chi connectivity index (χ1v) is 13.7. The maximum Gasteiger partial charge on any atom is 0.322 e. The Morgan fingerprint density at radius 3 is 2.64 bits per heavy atom. The summed E-state index contributed by atoms with van der Waals surface area (Å²) in [5, 5.41) is 10.8. The molecule has 0 aliphatic carbocycles. The van der Waals surface area contributed by atoms with Crippen LogP contribution in [0.5, 0.6) is 17.2 Å². The van der Waals surface area contributed by atoms with Gasteiger partial charge in [-0.05, 0) is 60.5 Å². The molecule has 1 aromatic heterocycles. The van der Waals surface area contributed by atoms with E-state index in [2.05, 4.69) is 16.6 Å². The number of carbonyl (C=O) groups is 1. The number of ether oxygens (including phenoxy) is 3. The van der Waals surface area contributed by atoms with Crippen LogP contribution in [0, 0.1) is 11.8 Å². The predicted molar refractivity (Wildman–Crippen MR) is 144 cm³/mol. The number of hydrogen-bond acceptors (Lipinski definition) is 6. The van der Waals surface area contributed by atoms with Gasteiger partial charge in [0, 0.05) is 30.1 Å². The summed E-state index contributed by atoms with van der Waals surface area (Å²) in [6, 6.07) is 17.7. The molecule has 200 valence electrons. The molecule has 0 bridgehead atoms. The molecule has 0 unspecified atom stereocenters. The largest absolute Gasteiger partial charge is 0.481 e. The van der Waals surface area contributed by atoms with Crippen molar-refractivity contribution in [1.82, 2.24) is 9.29 Å². The molecule has 3 aromatic carbocycles. The Bertz CT molecular complexity index is 1680. The normalized spacial score (nSPS) is 13.1. The number of hydrogen-bond donors (Lipinski definition) is 2. The van der Waals surface area contributed by atoms with Crippen LogP contribution < -0.4 is 18.9 Å². The summed E-state index contributed by atoms with van der Waals surface area (Å²) in [6.07, 6.45) is 1.82. The van der Waals surface area contributed by atoms with Gasteiger partial charge in [0.05, 0.1) is 4.90 Å². The maximum atomic E-state index is 13.0. The van der Waals surface area contributed by atoms with E-state index in [0.29, 0.717) is 29.4 Å². The van der Waals surface area contributed by atoms with Gasteiger partial charge in [-0.15, -0.1) is 5.92 Å². The summed E-state index contributed by atoms with van der Waals surface area (Å²) in [7, 11) is -4.11. The molecular formula is C29H26N2O7S. The summed E-state index contributed by atoms with van der Waals surface area (Å²) in [5.74, 6) is 6.03. The van der Waals surface area contributed by atoms with Gasteiger partial charge in [-0.25, -0.2) is 8.42 Å². The van der Waals surface area contributed by atoms with Crippen molar-refractivity contribution in [3.8, 4) is 29.1 Å². The fraction of sp³-hybridized carbons (Fsp3) is 0.207. The number of nitrogens with zero attached hydrogens (tertiary/aromatic N) is 1. The lowest BCUT2D eigenvalue weighted by molar-refractivity contribution is -0.138. The Labute approximate surface area is 226 Å². The van der Waals surface area contributed by atoms with Crippen LogP contribution >= 0.6 is 0 Å². The summed E-state index contributed by atoms with van der Waals surface area (Å²) in [6.45, 7) is 2.58. The quantitative estimate of drug-likeness (QED) is 0.291. The van der Waals surface area contributed by atoms with E-state index in [0.717, 1.165) is 16.5 Å². The first kappa shape index (κ1) is 26.2. The average Bonchev–Trinajstić information content (AvgIpc) is 3.53. The van der Waals surface area contributed by atoms with Gasteiger partial charge < -0.3 is 23.9 Å². The van der Waals surface area contributed by atoms with Gasteiger partial charge in [0.15, 0.2) is 11.5 Å². The number of rotatable bonds is 10. The number of aliphatic carboxylic acids is 1. The van der Waals surface area contributed by atoms with Crippen molar-refractivity contribution in [2.24, 2.45) is 0 Å². The number of benzene rings is 3. The van der Waals surface area contributed by atoms with Crippen LogP contribution in [-0.4, -0.2) is 43.5 Å². The van der Waals surface area contributed by atoms with E-state index >= 15 is 0 Å². The molecule has 0 saturated carbocycles. The van der Waals surface area contributed by atoms with Crippen molar-refractivity contribution in [1.29, 1.82) is 0 Å². The van der Waals surface area contributed by atoms with E-state index in [4.69, 9.17) is 14.2 Å². The minimum absolute atomic E-state index is 0.0416. The fourth-order valence-electron chi connectivity index (χ4n) is 4.41. The third kappa shape index (κ3) is 5.85. The van der Waals surface area contributed by atoms with Gasteiger partial charge in [0.25, 0.3) is 0 Å². The highest BCUT2D eigenvalue weighted by molar-refractivity contribution is 7.89. The summed E-state index contributed by atoms with van der Waals surface area (Å²) in [4.78, 5) is 12.1. The topological polar surface area (TPSA) is 116 Å². The Morgan fingerprint density at radius 1 is 1.10 bits per heavy atom. The molecule has 4 aromatic rings. The molecule has 1 atom stereocenters. The van der Waals surface area contributed by atoms with Crippen molar-refractivity contribution in [2.75, 3.05) is 13.4 Å². The molecule has 0 saturated heterocycles. The molecule has 1 aliphatic rings. The van der Waals surface area contributed by atoms with Crippen molar-refractivity contribution < 1.29 is 32.5 Å². The Morgan fingerprint density at radius 2 is 1.87 bits per heavy atom. The number of fused-ring (bicyclic) bond motifs is 2. The van der Waals surface area contributed by atoms with E-state index in [-0.39, 0.29) is 24.7 Å². The molecule has 9 nitrogen and oxygen atoms in total. The molecule has 10 heteroatoms. The Hall–Kier alpha value is -4.46. The number of carboxylic acid groups (broad SMARTS) is 1. The first-order valence-electron chi connectivity index (χ1n) is 12.2. The predicted octanol–water partition coefficient (Wildman–Crippen LogP) is 3.79. The highest BCUT2D eigenvalue weighted by Gasteiger charge is 2.27. The Balaban J connectivity index is 1.37. The van der Waals surface area contributed by atoms with Gasteiger partial charge in [0.2, 0.25) is 16.8 Å². The van der Waals surface area contributed by atoms with Crippen molar-refractivity contribution in [2.45, 2.75) is 30.8 Å². The number of carboxylic acids is 1. The van der Waals surface area contributed by atoms with Crippen LogP contribution in [0.2, 0.25) is 0 Å². The number of para-hydroxylation sites is 1. The van der Waals surface area contributed by atoms with Crippen LogP contribution in [0.25, 0.3) is 10.9 Å². The molecular weight excluding hydrogens is 520 g/mol. The molecule has 0 spiro atoms. The van der Waals surface area contributed by atoms with Gasteiger partial charge >= 0.3 is 5.97 Å². The third-order valence-electron chi connectivity index (χ3n) is 6.30. The highest BCUT2D eigenvalue weighted by atomic mass is 32.2. The second-order valence-electron chi connectivity index (χ2n) is 8.89. The zero-order chi connectivity index (χ0) is 27.4. The van der Waals surface area contributed by atoms with E-state index in [1.54, 1.807) is 6.92 Å². The number of nitrogens with one attached hydrogen (secondary N) is 1. The second-order valence-corrected chi connectivity index (χ2v) is 10.6. The molecule has 0 amide bonds. The van der Waals surface area contributed by atoms with Crippen molar-refractivity contribution in [3.05, 3.63) is 84.1 Å². The lowest BCUT2D eigenvalue weighted by Crippen LogP contribution is -2.42. The summed E-state index contributed by atoms with van der Waals surface area (Å²) >= 11 is 0. The number of aromatic nitrogens is 1. The van der Waals surface area contributed by atoms with Gasteiger partial charge in [-0.3, -0.25) is 4.79 Å². The molecule has 39 heavy (non-hydrogen) atoms. The van der Waals surface area contributed by atoms with Gasteiger partial charge in [-0.1, -0.05) is 30.2 Å². The maximum absolute atomic E-state index is 13.0. The van der Waals surface area contributed by atoms with Crippen LogP contribution in [0.4, 0.5) is 0 Å². The minimum Gasteiger partial charge on any atom is -0.481 e. The van der Waals surface area contributed by atoms with E-state index < -0.39 is 22.0 Å². The van der Waals surface area contributed by atoms with Gasteiger partial charge in [-0.2, -0.15) is 4.72 Å². The molecule has 0 fully saturated rings. The van der Waals surface area contributed by atoms with Crippen LogP contribution in [0.1, 0.15) is 18.1 Å². The highest BCUT2D eigenvalue weighted by Crippen LogP contribution is 2.33. The van der Waals surface area contributed by atoms with Crippen LogP contribution in [-0.2, 0) is 27.8 Å². The second kappa shape index (κ2) is 11.1.